The summed E-state index contributed by atoms with van der Waals surface area (Å²) in [4.78, 5) is 0.843. The second-order valence-electron chi connectivity index (χ2n) is 3.47. The van der Waals surface area contributed by atoms with Crippen LogP contribution >= 0.6 is 23.7 Å². The summed E-state index contributed by atoms with van der Waals surface area (Å²) in [5, 5.41) is 20.4. The second kappa shape index (κ2) is 5.83. The van der Waals surface area contributed by atoms with Crippen LogP contribution in [0.3, 0.4) is 0 Å². The van der Waals surface area contributed by atoms with E-state index < -0.39 is 11.9 Å². The molecule has 1 aromatic heterocycles. The lowest BCUT2D eigenvalue weighted by molar-refractivity contribution is 0.457. The van der Waals surface area contributed by atoms with E-state index in [1.165, 1.54) is 17.4 Å². The van der Waals surface area contributed by atoms with Gasteiger partial charge in [0.1, 0.15) is 23.2 Å². The largest absolute Gasteiger partial charge is 0.506 e. The van der Waals surface area contributed by atoms with Crippen LogP contribution in [0.25, 0.3) is 0 Å². The molecule has 0 amide bonds. The molecule has 0 spiro atoms. The van der Waals surface area contributed by atoms with E-state index in [4.69, 9.17) is 11.0 Å². The van der Waals surface area contributed by atoms with E-state index in [0.717, 1.165) is 10.9 Å². The number of aromatic hydroxyl groups is 1. The normalized spacial score (nSPS) is 11.4. The summed E-state index contributed by atoms with van der Waals surface area (Å²) >= 11 is 1.44. The molecule has 0 aliphatic carbocycles. The Balaban J connectivity index is 0.00000162. The molecule has 3 N–H and O–H groups in total. The minimum Gasteiger partial charge on any atom is -0.506 e. The Morgan fingerprint density at radius 3 is 2.67 bits per heavy atom. The number of phenols is 1. The molecule has 6 heteroatoms. The highest BCUT2D eigenvalue weighted by atomic mass is 35.5. The minimum atomic E-state index is -0.743. The van der Waals surface area contributed by atoms with Gasteiger partial charge in [0.05, 0.1) is 6.04 Å². The van der Waals surface area contributed by atoms with E-state index in [-0.39, 0.29) is 23.7 Å². The fraction of sp³-hybridized carbons (Fsp3) is 0.0833. The Kier molecular flexibility index (Phi) is 4.68. The summed E-state index contributed by atoms with van der Waals surface area (Å²) in [5.74, 6) is -1.12. The van der Waals surface area contributed by atoms with E-state index in [1.54, 1.807) is 6.07 Å². The first-order valence-electron chi connectivity index (χ1n) is 4.85. The SMILES string of the molecule is Cl.N#Cc1c(F)ccc([C@@H](N)c2cccs2)c1O. The number of halogens is 2. The molecular weight excluding hydrogens is 275 g/mol. The molecule has 1 atom stereocenters. The summed E-state index contributed by atoms with van der Waals surface area (Å²) in [6.07, 6.45) is 0. The molecule has 0 saturated heterocycles. The van der Waals surface area contributed by atoms with E-state index in [9.17, 15) is 9.50 Å². The first-order valence-corrected chi connectivity index (χ1v) is 5.73. The maximum atomic E-state index is 13.2. The lowest BCUT2D eigenvalue weighted by Gasteiger charge is -2.13. The highest BCUT2D eigenvalue weighted by Gasteiger charge is 2.19. The van der Waals surface area contributed by atoms with Gasteiger partial charge in [0.25, 0.3) is 0 Å². The van der Waals surface area contributed by atoms with Crippen LogP contribution in [0.4, 0.5) is 4.39 Å². The zero-order valence-corrected chi connectivity index (χ0v) is 10.8. The average molecular weight is 285 g/mol. The number of rotatable bonds is 2. The zero-order chi connectivity index (χ0) is 12.4. The molecule has 0 aliphatic rings. The van der Waals surface area contributed by atoms with Crippen molar-refractivity contribution in [1.82, 2.24) is 0 Å². The number of nitrogens with zero attached hydrogens (tertiary/aromatic N) is 1. The van der Waals surface area contributed by atoms with Crippen molar-refractivity contribution in [2.45, 2.75) is 6.04 Å². The highest BCUT2D eigenvalue weighted by Crippen LogP contribution is 2.33. The number of hydrogen-bond acceptors (Lipinski definition) is 4. The van der Waals surface area contributed by atoms with Gasteiger partial charge in [0.2, 0.25) is 0 Å². The van der Waals surface area contributed by atoms with Crippen molar-refractivity contribution in [3.8, 4) is 11.8 Å². The lowest BCUT2D eigenvalue weighted by Crippen LogP contribution is -2.11. The third kappa shape index (κ3) is 2.46. The Morgan fingerprint density at radius 1 is 1.39 bits per heavy atom. The zero-order valence-electron chi connectivity index (χ0n) is 9.13. The molecule has 1 heterocycles. The van der Waals surface area contributed by atoms with Gasteiger partial charge in [-0.3, -0.25) is 0 Å². The summed E-state index contributed by atoms with van der Waals surface area (Å²) in [7, 11) is 0. The molecule has 3 nitrogen and oxygen atoms in total. The van der Waals surface area contributed by atoms with E-state index >= 15 is 0 Å². The van der Waals surface area contributed by atoms with Crippen LogP contribution in [-0.2, 0) is 0 Å². The van der Waals surface area contributed by atoms with Gasteiger partial charge in [-0.05, 0) is 17.5 Å². The molecule has 0 unspecified atom stereocenters. The lowest BCUT2D eigenvalue weighted by atomic mass is 10.0. The number of thiophene rings is 1. The van der Waals surface area contributed by atoms with Gasteiger partial charge in [-0.15, -0.1) is 23.7 Å². The quantitative estimate of drug-likeness (QED) is 0.891. The van der Waals surface area contributed by atoms with Crippen LogP contribution in [0.15, 0.2) is 29.6 Å². The Labute approximate surface area is 114 Å². The predicted molar refractivity (Wildman–Crippen MR) is 70.4 cm³/mol. The van der Waals surface area contributed by atoms with Crippen molar-refractivity contribution >= 4 is 23.7 Å². The molecule has 0 fully saturated rings. The van der Waals surface area contributed by atoms with Crippen LogP contribution in [-0.4, -0.2) is 5.11 Å². The van der Waals surface area contributed by atoms with Crippen molar-refractivity contribution in [1.29, 1.82) is 5.26 Å². The van der Waals surface area contributed by atoms with Crippen LogP contribution in [0, 0.1) is 17.1 Å². The number of nitriles is 1. The number of hydrogen-bond donors (Lipinski definition) is 2. The van der Waals surface area contributed by atoms with Crippen molar-refractivity contribution in [2.24, 2.45) is 5.73 Å². The molecule has 18 heavy (non-hydrogen) atoms. The average Bonchev–Trinajstić information content (AvgIpc) is 2.82. The molecule has 0 aliphatic heterocycles. The van der Waals surface area contributed by atoms with Crippen molar-refractivity contribution in [3.05, 3.63) is 51.5 Å². The van der Waals surface area contributed by atoms with Crippen molar-refractivity contribution in [2.75, 3.05) is 0 Å². The highest BCUT2D eigenvalue weighted by molar-refractivity contribution is 7.10. The fourth-order valence-electron chi connectivity index (χ4n) is 1.56. The maximum absolute atomic E-state index is 13.2. The Hall–Kier alpha value is -1.61. The van der Waals surface area contributed by atoms with Crippen LogP contribution in [0.1, 0.15) is 22.0 Å². The van der Waals surface area contributed by atoms with Gasteiger partial charge in [-0.2, -0.15) is 5.26 Å². The molecular formula is C12H10ClFN2OS. The van der Waals surface area contributed by atoms with Gasteiger partial charge in [-0.25, -0.2) is 4.39 Å². The number of nitrogens with two attached hydrogens (primary N) is 1. The van der Waals surface area contributed by atoms with Gasteiger partial charge in [-0.1, -0.05) is 12.1 Å². The smallest absolute Gasteiger partial charge is 0.144 e. The third-order valence-electron chi connectivity index (χ3n) is 2.45. The summed E-state index contributed by atoms with van der Waals surface area (Å²) in [6.45, 7) is 0. The molecule has 2 rings (SSSR count). The number of benzene rings is 1. The molecule has 0 bridgehead atoms. The fourth-order valence-corrected chi connectivity index (χ4v) is 2.31. The van der Waals surface area contributed by atoms with Gasteiger partial charge < -0.3 is 10.8 Å². The standard InChI is InChI=1S/C12H9FN2OS.ClH/c13-9-4-3-7(12(16)8(9)6-14)11(15)10-2-1-5-17-10;/h1-5,11,16H,15H2;1H/t11-;/m1./s1. The van der Waals surface area contributed by atoms with Crippen LogP contribution in [0.5, 0.6) is 5.75 Å². The monoisotopic (exact) mass is 284 g/mol. The van der Waals surface area contributed by atoms with E-state index in [2.05, 4.69) is 0 Å². The third-order valence-corrected chi connectivity index (χ3v) is 3.41. The number of phenolic OH excluding ortho intramolecular Hbond substituents is 1. The van der Waals surface area contributed by atoms with E-state index in [1.807, 2.05) is 17.5 Å². The first kappa shape index (κ1) is 14.5. The van der Waals surface area contributed by atoms with E-state index in [0.29, 0.717) is 5.56 Å². The van der Waals surface area contributed by atoms with Crippen molar-refractivity contribution in [3.63, 3.8) is 0 Å². The first-order chi connectivity index (χ1) is 8.15. The van der Waals surface area contributed by atoms with Gasteiger partial charge >= 0.3 is 0 Å². The minimum absolute atomic E-state index is 0. The molecule has 0 saturated carbocycles. The molecule has 94 valence electrons. The topological polar surface area (TPSA) is 70.0 Å². The summed E-state index contributed by atoms with van der Waals surface area (Å²) in [5.41, 5.74) is 5.94. The second-order valence-corrected chi connectivity index (χ2v) is 4.44. The Bertz CT molecular complexity index is 581. The van der Waals surface area contributed by atoms with Crippen LogP contribution in [0.2, 0.25) is 0 Å². The Morgan fingerprint density at radius 2 is 2.11 bits per heavy atom. The summed E-state index contributed by atoms with van der Waals surface area (Å²) < 4.78 is 13.2. The van der Waals surface area contributed by atoms with Gasteiger partial charge in [0.15, 0.2) is 0 Å². The maximum Gasteiger partial charge on any atom is 0.144 e. The molecule has 0 radical (unpaired) electrons. The van der Waals surface area contributed by atoms with Crippen molar-refractivity contribution < 1.29 is 9.50 Å². The van der Waals surface area contributed by atoms with Gasteiger partial charge in [0, 0.05) is 10.4 Å². The van der Waals surface area contributed by atoms with Crippen LogP contribution < -0.4 is 5.73 Å². The predicted octanol–water partition coefficient (Wildman–Crippen LogP) is 2.93. The molecule has 2 aromatic rings. The summed E-state index contributed by atoms with van der Waals surface area (Å²) in [6, 6.07) is 7.28. The molecule has 1 aromatic carbocycles.